The molecular formula is C10H13FN2O3S. The lowest BCUT2D eigenvalue weighted by atomic mass is 10.2. The average molecular weight is 260 g/mol. The van der Waals surface area contributed by atoms with E-state index in [1.165, 1.54) is 6.26 Å². The molecule has 0 radical (unpaired) electrons. The quantitative estimate of drug-likeness (QED) is 0.648. The monoisotopic (exact) mass is 260 g/mol. The molecule has 1 N–H and O–H groups in total. The molecule has 0 saturated heterocycles. The van der Waals surface area contributed by atoms with Gasteiger partial charge in [0.1, 0.15) is 11.5 Å². The van der Waals surface area contributed by atoms with Crippen molar-refractivity contribution in [3.63, 3.8) is 0 Å². The molecular weight excluding hydrogens is 247 g/mol. The normalized spacial score (nSPS) is 14.1. The summed E-state index contributed by atoms with van der Waals surface area (Å²) in [4.78, 5) is 10.1. The standard InChI is InChI=1S/C10H13FN2O3S/c1-7(6-17(2)16)12-9-5-8(11)3-4-10(9)13(14)15/h3-5,7,12H,6H2,1-2H3. The number of benzene rings is 1. The Morgan fingerprint density at radius 3 is 2.76 bits per heavy atom. The average Bonchev–Trinajstić information content (AvgIpc) is 2.15. The molecule has 7 heteroatoms. The summed E-state index contributed by atoms with van der Waals surface area (Å²) < 4.78 is 24.0. The van der Waals surface area contributed by atoms with Crippen LogP contribution in [0.2, 0.25) is 0 Å². The third-order valence-corrected chi connectivity index (χ3v) is 3.01. The van der Waals surface area contributed by atoms with Gasteiger partial charge in [-0.25, -0.2) is 4.39 Å². The minimum absolute atomic E-state index is 0.105. The zero-order valence-electron chi connectivity index (χ0n) is 9.47. The Kier molecular flexibility index (Phi) is 4.56. The largest absolute Gasteiger partial charge is 0.376 e. The van der Waals surface area contributed by atoms with Crippen molar-refractivity contribution in [1.82, 2.24) is 0 Å². The van der Waals surface area contributed by atoms with Gasteiger partial charge < -0.3 is 5.32 Å². The second kappa shape index (κ2) is 5.72. The molecule has 2 atom stereocenters. The van der Waals surface area contributed by atoms with E-state index in [-0.39, 0.29) is 17.4 Å². The number of hydrogen-bond donors (Lipinski definition) is 1. The van der Waals surface area contributed by atoms with Gasteiger partial charge in [-0.1, -0.05) is 0 Å². The van der Waals surface area contributed by atoms with Crippen LogP contribution < -0.4 is 5.32 Å². The third-order valence-electron chi connectivity index (χ3n) is 2.04. The maximum absolute atomic E-state index is 13.0. The molecule has 0 fully saturated rings. The zero-order chi connectivity index (χ0) is 13.0. The summed E-state index contributed by atoms with van der Waals surface area (Å²) in [5, 5.41) is 13.5. The molecule has 0 aliphatic heterocycles. The van der Waals surface area contributed by atoms with E-state index in [2.05, 4.69) is 5.32 Å². The molecule has 2 unspecified atom stereocenters. The van der Waals surface area contributed by atoms with Crippen LogP contribution in [-0.4, -0.2) is 27.2 Å². The first kappa shape index (κ1) is 13.6. The van der Waals surface area contributed by atoms with Gasteiger partial charge in [-0.15, -0.1) is 0 Å². The van der Waals surface area contributed by atoms with E-state index in [4.69, 9.17) is 0 Å². The van der Waals surface area contributed by atoms with Gasteiger partial charge in [-0.2, -0.15) is 0 Å². The first-order chi connectivity index (χ1) is 7.90. The summed E-state index contributed by atoms with van der Waals surface area (Å²) in [6.07, 6.45) is 1.54. The molecule has 0 aromatic heterocycles. The molecule has 0 heterocycles. The molecule has 0 spiro atoms. The predicted octanol–water partition coefficient (Wildman–Crippen LogP) is 1.91. The molecule has 0 amide bonds. The molecule has 1 rings (SSSR count). The fourth-order valence-electron chi connectivity index (χ4n) is 1.44. The van der Waals surface area contributed by atoms with Crippen LogP contribution in [0.25, 0.3) is 0 Å². The van der Waals surface area contributed by atoms with E-state index in [1.807, 2.05) is 0 Å². The highest BCUT2D eigenvalue weighted by Gasteiger charge is 2.16. The number of nitrogens with zero attached hydrogens (tertiary/aromatic N) is 1. The van der Waals surface area contributed by atoms with Crippen molar-refractivity contribution in [3.8, 4) is 0 Å². The topological polar surface area (TPSA) is 72.2 Å². The van der Waals surface area contributed by atoms with E-state index in [1.54, 1.807) is 6.92 Å². The number of nitrogens with one attached hydrogen (secondary N) is 1. The number of halogens is 1. The van der Waals surface area contributed by atoms with Crippen LogP contribution in [0.5, 0.6) is 0 Å². The highest BCUT2D eigenvalue weighted by Crippen LogP contribution is 2.25. The minimum atomic E-state index is -1.02. The van der Waals surface area contributed by atoms with Crippen LogP contribution in [0.4, 0.5) is 15.8 Å². The summed E-state index contributed by atoms with van der Waals surface area (Å²) in [5.74, 6) is -0.212. The Labute approximate surface area is 101 Å². The predicted molar refractivity (Wildman–Crippen MR) is 65.1 cm³/mol. The Bertz CT molecular complexity index is 453. The van der Waals surface area contributed by atoms with Gasteiger partial charge in [0, 0.05) is 41.0 Å². The highest BCUT2D eigenvalue weighted by molar-refractivity contribution is 7.84. The second-order valence-corrected chi connectivity index (χ2v) is 5.18. The van der Waals surface area contributed by atoms with Crippen molar-refractivity contribution in [2.75, 3.05) is 17.3 Å². The Balaban J connectivity index is 2.92. The van der Waals surface area contributed by atoms with Gasteiger partial charge >= 0.3 is 0 Å². The van der Waals surface area contributed by atoms with E-state index in [0.29, 0.717) is 5.75 Å². The SMILES string of the molecule is CC(CS(C)=O)Nc1cc(F)ccc1[N+](=O)[O-]. The fraction of sp³-hybridized carbons (Fsp3) is 0.400. The van der Waals surface area contributed by atoms with Gasteiger partial charge in [0.05, 0.1) is 4.92 Å². The van der Waals surface area contributed by atoms with Crippen molar-refractivity contribution < 1.29 is 13.5 Å². The number of rotatable bonds is 5. The number of nitro groups is 1. The highest BCUT2D eigenvalue weighted by atomic mass is 32.2. The maximum Gasteiger partial charge on any atom is 0.292 e. The summed E-state index contributed by atoms with van der Waals surface area (Å²) in [6.45, 7) is 1.73. The summed E-state index contributed by atoms with van der Waals surface area (Å²) in [5.41, 5.74) is -0.0897. The van der Waals surface area contributed by atoms with E-state index in [9.17, 15) is 18.7 Å². The van der Waals surface area contributed by atoms with Crippen LogP contribution in [-0.2, 0) is 10.8 Å². The van der Waals surface area contributed by atoms with Crippen LogP contribution in [0.15, 0.2) is 18.2 Å². The molecule has 0 bridgehead atoms. The van der Waals surface area contributed by atoms with E-state index < -0.39 is 21.5 Å². The van der Waals surface area contributed by atoms with Crippen molar-refractivity contribution in [2.24, 2.45) is 0 Å². The Morgan fingerprint density at radius 2 is 2.24 bits per heavy atom. The lowest BCUT2D eigenvalue weighted by Crippen LogP contribution is -2.22. The Hall–Kier alpha value is -1.50. The van der Waals surface area contributed by atoms with E-state index >= 15 is 0 Å². The Morgan fingerprint density at radius 1 is 1.59 bits per heavy atom. The zero-order valence-corrected chi connectivity index (χ0v) is 10.3. The first-order valence-corrected chi connectivity index (χ1v) is 6.63. The van der Waals surface area contributed by atoms with Gasteiger partial charge in [0.15, 0.2) is 0 Å². The first-order valence-electron chi connectivity index (χ1n) is 4.90. The lowest BCUT2D eigenvalue weighted by molar-refractivity contribution is -0.384. The smallest absolute Gasteiger partial charge is 0.292 e. The fourth-order valence-corrected chi connectivity index (χ4v) is 2.23. The van der Waals surface area contributed by atoms with Gasteiger partial charge in [-0.05, 0) is 13.0 Å². The molecule has 5 nitrogen and oxygen atoms in total. The minimum Gasteiger partial charge on any atom is -0.376 e. The van der Waals surface area contributed by atoms with Crippen LogP contribution in [0, 0.1) is 15.9 Å². The molecule has 0 aliphatic rings. The van der Waals surface area contributed by atoms with Crippen molar-refractivity contribution >= 4 is 22.2 Å². The van der Waals surface area contributed by atoms with Crippen molar-refractivity contribution in [2.45, 2.75) is 13.0 Å². The number of nitro benzene ring substituents is 1. The third kappa shape index (κ3) is 4.10. The summed E-state index contributed by atoms with van der Waals surface area (Å²) in [7, 11) is -1.02. The molecule has 0 aliphatic carbocycles. The summed E-state index contributed by atoms with van der Waals surface area (Å²) in [6, 6.07) is 2.97. The molecule has 1 aromatic carbocycles. The van der Waals surface area contributed by atoms with Crippen molar-refractivity contribution in [1.29, 1.82) is 0 Å². The molecule has 17 heavy (non-hydrogen) atoms. The van der Waals surface area contributed by atoms with E-state index in [0.717, 1.165) is 18.2 Å². The number of anilines is 1. The lowest BCUT2D eigenvalue weighted by Gasteiger charge is -2.13. The molecule has 94 valence electrons. The van der Waals surface area contributed by atoms with Crippen LogP contribution >= 0.6 is 0 Å². The van der Waals surface area contributed by atoms with Gasteiger partial charge in [0.2, 0.25) is 0 Å². The van der Waals surface area contributed by atoms with Crippen molar-refractivity contribution in [3.05, 3.63) is 34.1 Å². The maximum atomic E-state index is 13.0. The van der Waals surface area contributed by atoms with Gasteiger partial charge in [-0.3, -0.25) is 14.3 Å². The molecule has 1 aromatic rings. The van der Waals surface area contributed by atoms with Crippen LogP contribution in [0.1, 0.15) is 6.92 Å². The van der Waals surface area contributed by atoms with Crippen LogP contribution in [0.3, 0.4) is 0 Å². The van der Waals surface area contributed by atoms with Gasteiger partial charge in [0.25, 0.3) is 5.69 Å². The number of hydrogen-bond acceptors (Lipinski definition) is 4. The summed E-state index contributed by atoms with van der Waals surface area (Å²) >= 11 is 0. The molecule has 0 saturated carbocycles. The second-order valence-electron chi connectivity index (χ2n) is 3.70.